The van der Waals surface area contributed by atoms with Gasteiger partial charge in [-0.2, -0.15) is 0 Å². The zero-order chi connectivity index (χ0) is 19.2. The SMILES string of the molecule is CN(C)[C@H](C(=O)NCc1ccc(N2CCCCC2)cc1)c1ccc(Cl)cc1. The van der Waals surface area contributed by atoms with Crippen molar-refractivity contribution in [2.24, 2.45) is 0 Å². The Morgan fingerprint density at radius 3 is 2.26 bits per heavy atom. The Hall–Kier alpha value is -2.04. The van der Waals surface area contributed by atoms with Crippen molar-refractivity contribution in [2.75, 3.05) is 32.1 Å². The van der Waals surface area contributed by atoms with Gasteiger partial charge in [0.05, 0.1) is 0 Å². The number of rotatable bonds is 6. The highest BCUT2D eigenvalue weighted by Crippen LogP contribution is 2.22. The maximum Gasteiger partial charge on any atom is 0.242 e. The lowest BCUT2D eigenvalue weighted by Crippen LogP contribution is -2.36. The third-order valence-electron chi connectivity index (χ3n) is 5.07. The summed E-state index contributed by atoms with van der Waals surface area (Å²) in [4.78, 5) is 17.1. The number of hydrogen-bond acceptors (Lipinski definition) is 3. The molecule has 5 heteroatoms. The van der Waals surface area contributed by atoms with E-state index in [1.54, 1.807) is 0 Å². The zero-order valence-corrected chi connectivity index (χ0v) is 16.9. The van der Waals surface area contributed by atoms with Gasteiger partial charge in [-0.05, 0) is 68.8 Å². The molecule has 2 aromatic carbocycles. The molecule has 4 nitrogen and oxygen atoms in total. The third kappa shape index (κ3) is 5.24. The number of anilines is 1. The molecule has 0 aliphatic carbocycles. The fourth-order valence-corrected chi connectivity index (χ4v) is 3.72. The number of halogens is 1. The van der Waals surface area contributed by atoms with Gasteiger partial charge in [0.25, 0.3) is 0 Å². The van der Waals surface area contributed by atoms with E-state index in [9.17, 15) is 4.79 Å². The predicted octanol–water partition coefficient (Wildman–Crippen LogP) is 4.25. The zero-order valence-electron chi connectivity index (χ0n) is 16.1. The lowest BCUT2D eigenvalue weighted by atomic mass is 10.0. The maximum atomic E-state index is 12.8. The molecule has 0 radical (unpaired) electrons. The van der Waals surface area contributed by atoms with E-state index in [-0.39, 0.29) is 11.9 Å². The molecular weight excluding hydrogens is 358 g/mol. The minimum Gasteiger partial charge on any atom is -0.372 e. The second kappa shape index (κ2) is 9.25. The van der Waals surface area contributed by atoms with Crippen LogP contribution in [0.25, 0.3) is 0 Å². The van der Waals surface area contributed by atoms with E-state index in [1.165, 1.54) is 24.9 Å². The van der Waals surface area contributed by atoms with Crippen molar-refractivity contribution >= 4 is 23.2 Å². The Balaban J connectivity index is 1.60. The van der Waals surface area contributed by atoms with Crippen molar-refractivity contribution in [3.63, 3.8) is 0 Å². The first kappa shape index (κ1) is 19.7. The monoisotopic (exact) mass is 385 g/mol. The number of likely N-dealkylation sites (N-methyl/N-ethyl adjacent to an activating group) is 1. The Kier molecular flexibility index (Phi) is 6.75. The number of hydrogen-bond donors (Lipinski definition) is 1. The van der Waals surface area contributed by atoms with Gasteiger partial charge in [-0.25, -0.2) is 0 Å². The van der Waals surface area contributed by atoms with Crippen molar-refractivity contribution in [3.8, 4) is 0 Å². The third-order valence-corrected chi connectivity index (χ3v) is 5.33. The van der Waals surface area contributed by atoms with Crippen LogP contribution in [0.2, 0.25) is 5.02 Å². The van der Waals surface area contributed by atoms with E-state index in [2.05, 4.69) is 34.5 Å². The number of carbonyl (C=O) groups excluding carboxylic acids is 1. The largest absolute Gasteiger partial charge is 0.372 e. The van der Waals surface area contributed by atoms with Crippen molar-refractivity contribution in [2.45, 2.75) is 31.8 Å². The second-order valence-corrected chi connectivity index (χ2v) is 7.79. The van der Waals surface area contributed by atoms with Crippen molar-refractivity contribution in [3.05, 3.63) is 64.7 Å². The summed E-state index contributed by atoms with van der Waals surface area (Å²) in [5.74, 6) is -0.0116. The number of amides is 1. The molecule has 1 atom stereocenters. The number of benzene rings is 2. The molecule has 144 valence electrons. The number of nitrogens with one attached hydrogen (secondary N) is 1. The van der Waals surface area contributed by atoms with Crippen LogP contribution in [0.4, 0.5) is 5.69 Å². The molecular formula is C22H28ClN3O. The predicted molar refractivity (Wildman–Crippen MR) is 112 cm³/mol. The molecule has 0 bridgehead atoms. The molecule has 1 saturated heterocycles. The van der Waals surface area contributed by atoms with E-state index in [0.717, 1.165) is 24.2 Å². The van der Waals surface area contributed by atoms with Crippen LogP contribution in [-0.2, 0) is 11.3 Å². The Morgan fingerprint density at radius 1 is 1.04 bits per heavy atom. The molecule has 2 aromatic rings. The van der Waals surface area contributed by atoms with Gasteiger partial charge in [-0.3, -0.25) is 9.69 Å². The lowest BCUT2D eigenvalue weighted by Gasteiger charge is -2.29. The second-order valence-electron chi connectivity index (χ2n) is 7.35. The summed E-state index contributed by atoms with van der Waals surface area (Å²) in [5, 5.41) is 3.74. The first-order chi connectivity index (χ1) is 13.0. The molecule has 1 amide bonds. The number of carbonyl (C=O) groups is 1. The first-order valence-electron chi connectivity index (χ1n) is 9.58. The normalized spacial score (nSPS) is 15.6. The average molecular weight is 386 g/mol. The molecule has 0 saturated carbocycles. The molecule has 1 heterocycles. The summed E-state index contributed by atoms with van der Waals surface area (Å²) in [6.45, 7) is 2.81. The van der Waals surface area contributed by atoms with E-state index < -0.39 is 0 Å². The van der Waals surface area contributed by atoms with Crippen molar-refractivity contribution < 1.29 is 4.79 Å². The van der Waals surface area contributed by atoms with Crippen LogP contribution in [-0.4, -0.2) is 38.0 Å². The van der Waals surface area contributed by atoms with E-state index in [4.69, 9.17) is 11.6 Å². The quantitative estimate of drug-likeness (QED) is 0.807. The topological polar surface area (TPSA) is 35.6 Å². The number of piperidine rings is 1. The first-order valence-corrected chi connectivity index (χ1v) is 9.96. The van der Waals surface area contributed by atoms with Crippen LogP contribution >= 0.6 is 11.6 Å². The van der Waals surface area contributed by atoms with Crippen molar-refractivity contribution in [1.29, 1.82) is 0 Å². The Bertz CT molecular complexity index is 737. The summed E-state index contributed by atoms with van der Waals surface area (Å²) in [7, 11) is 3.82. The maximum absolute atomic E-state index is 12.8. The van der Waals surface area contributed by atoms with Gasteiger partial charge < -0.3 is 10.2 Å². The van der Waals surface area contributed by atoms with Gasteiger partial charge in [-0.15, -0.1) is 0 Å². The minimum atomic E-state index is -0.338. The molecule has 27 heavy (non-hydrogen) atoms. The minimum absolute atomic E-state index is 0.0116. The highest BCUT2D eigenvalue weighted by atomic mass is 35.5. The molecule has 1 fully saturated rings. The summed E-state index contributed by atoms with van der Waals surface area (Å²) in [5.41, 5.74) is 3.32. The fraction of sp³-hybridized carbons (Fsp3) is 0.409. The standard InChI is InChI=1S/C22H28ClN3O/c1-25(2)21(18-8-10-19(23)11-9-18)22(27)24-16-17-6-12-20(13-7-17)26-14-4-3-5-15-26/h6-13,21H,3-5,14-16H2,1-2H3,(H,24,27)/t21-/m0/s1. The molecule has 0 spiro atoms. The van der Waals surface area contributed by atoms with E-state index in [1.807, 2.05) is 43.3 Å². The molecule has 0 aromatic heterocycles. The van der Waals surface area contributed by atoms with Gasteiger partial charge in [0, 0.05) is 30.3 Å². The Morgan fingerprint density at radius 2 is 1.67 bits per heavy atom. The fourth-order valence-electron chi connectivity index (χ4n) is 3.59. The average Bonchev–Trinajstić information content (AvgIpc) is 2.69. The van der Waals surface area contributed by atoms with Gasteiger partial charge in [0.2, 0.25) is 5.91 Å². The molecule has 1 aliphatic rings. The summed E-state index contributed by atoms with van der Waals surface area (Å²) in [6.07, 6.45) is 3.88. The van der Waals surface area contributed by atoms with Crippen molar-refractivity contribution in [1.82, 2.24) is 10.2 Å². The van der Waals surface area contributed by atoms with E-state index in [0.29, 0.717) is 11.6 Å². The van der Waals surface area contributed by atoms with Crippen LogP contribution in [0.15, 0.2) is 48.5 Å². The van der Waals surface area contributed by atoms with Crippen LogP contribution in [0.5, 0.6) is 0 Å². The summed E-state index contributed by atoms with van der Waals surface area (Å²) in [6, 6.07) is 15.6. The highest BCUT2D eigenvalue weighted by molar-refractivity contribution is 6.30. The van der Waals surface area contributed by atoms with Crippen LogP contribution in [0.3, 0.4) is 0 Å². The summed E-state index contributed by atoms with van der Waals surface area (Å²) < 4.78 is 0. The Labute approximate surface area is 167 Å². The van der Waals surface area contributed by atoms with Crippen LogP contribution in [0, 0.1) is 0 Å². The highest BCUT2D eigenvalue weighted by Gasteiger charge is 2.22. The van der Waals surface area contributed by atoms with Gasteiger partial charge in [0.15, 0.2) is 0 Å². The molecule has 3 rings (SSSR count). The van der Waals surface area contributed by atoms with Gasteiger partial charge >= 0.3 is 0 Å². The molecule has 0 unspecified atom stereocenters. The summed E-state index contributed by atoms with van der Waals surface area (Å²) >= 11 is 5.97. The van der Waals surface area contributed by atoms with Gasteiger partial charge in [0.1, 0.15) is 6.04 Å². The lowest BCUT2D eigenvalue weighted by molar-refractivity contribution is -0.125. The van der Waals surface area contributed by atoms with Crippen LogP contribution < -0.4 is 10.2 Å². The molecule has 1 N–H and O–H groups in total. The number of nitrogens with zero attached hydrogens (tertiary/aromatic N) is 2. The van der Waals surface area contributed by atoms with Crippen LogP contribution in [0.1, 0.15) is 36.4 Å². The molecule has 1 aliphatic heterocycles. The smallest absolute Gasteiger partial charge is 0.242 e. The van der Waals surface area contributed by atoms with E-state index >= 15 is 0 Å². The van der Waals surface area contributed by atoms with Gasteiger partial charge in [-0.1, -0.05) is 35.9 Å².